The number of carbonyl (C=O) groups excluding carboxylic acids is 1. The van der Waals surface area contributed by atoms with Crippen molar-refractivity contribution in [2.24, 2.45) is 5.92 Å². The van der Waals surface area contributed by atoms with Crippen molar-refractivity contribution in [1.29, 1.82) is 0 Å². The number of carbonyl (C=O) groups is 1. The molecular formula is C16H18N2O. The Balaban J connectivity index is 2.21. The summed E-state index contributed by atoms with van der Waals surface area (Å²) in [5.74, 6) is 0.691. The Bertz CT molecular complexity index is 648. The molecule has 1 aromatic heterocycles. The quantitative estimate of drug-likeness (QED) is 0.796. The molecule has 3 rings (SSSR count). The van der Waals surface area contributed by atoms with Crippen molar-refractivity contribution >= 4 is 22.4 Å². The number of nitrogens with two attached hydrogens (primary N) is 1. The maximum atomic E-state index is 12.0. The second-order valence-electron chi connectivity index (χ2n) is 5.37. The van der Waals surface area contributed by atoms with E-state index in [1.165, 1.54) is 0 Å². The number of rotatable bonds is 1. The van der Waals surface area contributed by atoms with Crippen LogP contribution in [0.25, 0.3) is 10.9 Å². The summed E-state index contributed by atoms with van der Waals surface area (Å²) >= 11 is 0. The molecule has 1 heterocycles. The van der Waals surface area contributed by atoms with Crippen LogP contribution in [-0.2, 0) is 17.6 Å². The van der Waals surface area contributed by atoms with Gasteiger partial charge >= 0.3 is 0 Å². The molecule has 1 aliphatic rings. The van der Waals surface area contributed by atoms with Gasteiger partial charge in [0.2, 0.25) is 0 Å². The second-order valence-corrected chi connectivity index (χ2v) is 5.37. The Kier molecular flexibility index (Phi) is 2.97. The second kappa shape index (κ2) is 4.65. The molecule has 0 fully saturated rings. The van der Waals surface area contributed by atoms with Crippen LogP contribution >= 0.6 is 0 Å². The molecule has 0 bridgehead atoms. The number of fused-ring (bicyclic) bond motifs is 2. The Labute approximate surface area is 112 Å². The molecule has 3 heteroatoms. The van der Waals surface area contributed by atoms with Crippen LogP contribution in [0.15, 0.2) is 24.3 Å². The van der Waals surface area contributed by atoms with E-state index in [1.54, 1.807) is 0 Å². The average Bonchev–Trinajstić information content (AvgIpc) is 2.58. The maximum Gasteiger partial charge on any atom is 0.137 e. The van der Waals surface area contributed by atoms with Gasteiger partial charge in [0.05, 0.1) is 5.52 Å². The topological polar surface area (TPSA) is 56.0 Å². The highest BCUT2D eigenvalue weighted by atomic mass is 16.1. The van der Waals surface area contributed by atoms with Crippen LogP contribution in [0, 0.1) is 5.92 Å². The molecule has 1 atom stereocenters. The number of para-hydroxylation sites is 1. The van der Waals surface area contributed by atoms with Gasteiger partial charge in [0.1, 0.15) is 5.78 Å². The number of hydrogen-bond donors (Lipinski definition) is 1. The Hall–Kier alpha value is -1.90. The molecule has 98 valence electrons. The summed E-state index contributed by atoms with van der Waals surface area (Å²) in [5.41, 5.74) is 9.92. The number of ketones is 1. The molecule has 0 radical (unpaired) electrons. The number of nitrogens with zero attached hydrogens (tertiary/aromatic N) is 1. The van der Waals surface area contributed by atoms with Crippen molar-refractivity contribution in [2.45, 2.75) is 32.6 Å². The lowest BCUT2D eigenvalue weighted by molar-refractivity contribution is -0.119. The normalized spacial score (nSPS) is 19.2. The lowest BCUT2D eigenvalue weighted by Gasteiger charge is -2.13. The maximum absolute atomic E-state index is 12.0. The van der Waals surface area contributed by atoms with Gasteiger partial charge in [-0.1, -0.05) is 31.5 Å². The zero-order valence-electron chi connectivity index (χ0n) is 11.1. The van der Waals surface area contributed by atoms with Crippen molar-refractivity contribution in [3.8, 4) is 0 Å². The first-order valence-electron chi connectivity index (χ1n) is 6.86. The molecule has 0 spiro atoms. The van der Waals surface area contributed by atoms with Crippen molar-refractivity contribution in [2.75, 3.05) is 5.73 Å². The molecule has 2 aromatic rings. The predicted octanol–water partition coefficient (Wildman–Crippen LogP) is 2.90. The first-order chi connectivity index (χ1) is 9.19. The van der Waals surface area contributed by atoms with Gasteiger partial charge in [-0.3, -0.25) is 9.78 Å². The van der Waals surface area contributed by atoms with E-state index in [0.717, 1.165) is 40.7 Å². The summed E-state index contributed by atoms with van der Waals surface area (Å²) in [4.78, 5) is 16.8. The van der Waals surface area contributed by atoms with Gasteiger partial charge in [0, 0.05) is 35.2 Å². The molecule has 3 nitrogen and oxygen atoms in total. The summed E-state index contributed by atoms with van der Waals surface area (Å²) < 4.78 is 0. The number of aromatic nitrogens is 1. The fraction of sp³-hybridized carbons (Fsp3) is 0.375. The van der Waals surface area contributed by atoms with Crippen LogP contribution in [0.2, 0.25) is 0 Å². The molecular weight excluding hydrogens is 236 g/mol. The lowest BCUT2D eigenvalue weighted by atomic mass is 9.96. The highest BCUT2D eigenvalue weighted by Crippen LogP contribution is 2.31. The molecule has 0 saturated carbocycles. The zero-order valence-corrected chi connectivity index (χ0v) is 11.1. The minimum atomic E-state index is 0.286. The monoisotopic (exact) mass is 254 g/mol. The van der Waals surface area contributed by atoms with Crippen LogP contribution in [0.1, 0.15) is 31.0 Å². The summed E-state index contributed by atoms with van der Waals surface area (Å²) in [6.45, 7) is 2.13. The summed E-state index contributed by atoms with van der Waals surface area (Å²) in [5, 5.41) is 0.962. The first-order valence-corrected chi connectivity index (χ1v) is 6.86. The molecule has 1 aromatic carbocycles. The van der Waals surface area contributed by atoms with Gasteiger partial charge in [-0.05, 0) is 18.4 Å². The molecule has 0 saturated heterocycles. The van der Waals surface area contributed by atoms with Gasteiger partial charge in [0.25, 0.3) is 0 Å². The van der Waals surface area contributed by atoms with Crippen molar-refractivity contribution < 1.29 is 4.79 Å². The average molecular weight is 254 g/mol. The predicted molar refractivity (Wildman–Crippen MR) is 77.0 cm³/mol. The zero-order chi connectivity index (χ0) is 13.4. The number of nitrogen functional groups attached to an aromatic ring is 1. The fourth-order valence-corrected chi connectivity index (χ4v) is 2.92. The van der Waals surface area contributed by atoms with Crippen molar-refractivity contribution in [3.05, 3.63) is 35.5 Å². The van der Waals surface area contributed by atoms with E-state index in [9.17, 15) is 4.79 Å². The summed E-state index contributed by atoms with van der Waals surface area (Å²) in [6.07, 6.45) is 2.98. The molecule has 1 unspecified atom stereocenters. The number of hydrogen-bond acceptors (Lipinski definition) is 3. The van der Waals surface area contributed by atoms with Gasteiger partial charge < -0.3 is 5.73 Å². The van der Waals surface area contributed by atoms with Gasteiger partial charge in [-0.25, -0.2) is 0 Å². The molecule has 2 N–H and O–H groups in total. The van der Waals surface area contributed by atoms with Crippen molar-refractivity contribution in [1.82, 2.24) is 4.98 Å². The largest absolute Gasteiger partial charge is 0.398 e. The van der Waals surface area contributed by atoms with Crippen LogP contribution in [0.5, 0.6) is 0 Å². The van der Waals surface area contributed by atoms with E-state index < -0.39 is 0 Å². The highest BCUT2D eigenvalue weighted by molar-refractivity contribution is 5.95. The SMILES string of the molecule is CCC1CC(=O)Cc2c(nc3ccccc3c2N)C1. The molecule has 1 aliphatic carbocycles. The standard InChI is InChI=1S/C16H18N2O/c1-2-10-7-11(19)9-13-15(8-10)18-14-6-4-3-5-12(14)16(13)17/h3-6,10H,2,7-9H2,1H3,(H2,17,18). The number of benzene rings is 1. The Morgan fingerprint density at radius 1 is 1.32 bits per heavy atom. The van der Waals surface area contributed by atoms with E-state index >= 15 is 0 Å². The molecule has 0 aliphatic heterocycles. The molecule has 0 amide bonds. The Morgan fingerprint density at radius 3 is 2.89 bits per heavy atom. The number of pyridine rings is 1. The third kappa shape index (κ3) is 2.09. The fourth-order valence-electron chi connectivity index (χ4n) is 2.92. The minimum absolute atomic E-state index is 0.286. The van der Waals surface area contributed by atoms with E-state index in [1.807, 2.05) is 24.3 Å². The van der Waals surface area contributed by atoms with Crippen LogP contribution in [0.4, 0.5) is 5.69 Å². The van der Waals surface area contributed by atoms with Gasteiger partial charge in [-0.15, -0.1) is 0 Å². The lowest BCUT2D eigenvalue weighted by Crippen LogP contribution is -2.07. The van der Waals surface area contributed by atoms with E-state index in [0.29, 0.717) is 18.8 Å². The molecule has 19 heavy (non-hydrogen) atoms. The third-order valence-corrected chi connectivity index (χ3v) is 4.07. The van der Waals surface area contributed by atoms with E-state index in [-0.39, 0.29) is 5.78 Å². The van der Waals surface area contributed by atoms with Crippen LogP contribution in [-0.4, -0.2) is 10.8 Å². The third-order valence-electron chi connectivity index (χ3n) is 4.07. The van der Waals surface area contributed by atoms with E-state index in [2.05, 4.69) is 6.92 Å². The van der Waals surface area contributed by atoms with Gasteiger partial charge in [0.15, 0.2) is 0 Å². The number of Topliss-reactive ketones (excluding diaryl/α,β-unsaturated/α-hetero) is 1. The van der Waals surface area contributed by atoms with Crippen molar-refractivity contribution in [3.63, 3.8) is 0 Å². The highest BCUT2D eigenvalue weighted by Gasteiger charge is 2.24. The van der Waals surface area contributed by atoms with Crippen LogP contribution in [0.3, 0.4) is 0 Å². The smallest absolute Gasteiger partial charge is 0.137 e. The summed E-state index contributed by atoms with van der Waals surface area (Å²) in [6, 6.07) is 7.89. The number of anilines is 1. The van der Waals surface area contributed by atoms with Gasteiger partial charge in [-0.2, -0.15) is 0 Å². The Morgan fingerprint density at radius 2 is 2.11 bits per heavy atom. The first kappa shape index (κ1) is 12.2. The van der Waals surface area contributed by atoms with Crippen LogP contribution < -0.4 is 5.73 Å². The van der Waals surface area contributed by atoms with E-state index in [4.69, 9.17) is 10.7 Å². The summed E-state index contributed by atoms with van der Waals surface area (Å²) in [7, 11) is 0. The minimum Gasteiger partial charge on any atom is -0.398 e.